The first kappa shape index (κ1) is 24.1. The number of hydrogen-bond donors (Lipinski definition) is 0. The van der Waals surface area contributed by atoms with Crippen LogP contribution in [0.1, 0.15) is 41.6 Å². The molecule has 0 bridgehead atoms. The molecule has 1 aliphatic heterocycles. The van der Waals surface area contributed by atoms with E-state index in [2.05, 4.69) is 29.0 Å². The number of piperazine rings is 1. The fourth-order valence-electron chi connectivity index (χ4n) is 4.88. The Morgan fingerprint density at radius 2 is 1.65 bits per heavy atom. The average molecular weight is 469 g/mol. The van der Waals surface area contributed by atoms with Crippen molar-refractivity contribution in [1.82, 2.24) is 14.8 Å². The van der Waals surface area contributed by atoms with E-state index >= 15 is 0 Å². The molecular formula is C26H36N4O4. The van der Waals surface area contributed by atoms with E-state index in [1.54, 1.807) is 33.5 Å². The Hall–Kier alpha value is -3.00. The maximum absolute atomic E-state index is 13.8. The van der Waals surface area contributed by atoms with Crippen LogP contribution in [-0.2, 0) is 6.54 Å². The van der Waals surface area contributed by atoms with Gasteiger partial charge in [0.25, 0.3) is 5.91 Å². The molecule has 0 N–H and O–H groups in total. The number of amides is 1. The summed E-state index contributed by atoms with van der Waals surface area (Å²) in [7, 11) is 6.84. The monoisotopic (exact) mass is 468 g/mol. The van der Waals surface area contributed by atoms with Crippen molar-refractivity contribution >= 4 is 11.7 Å². The van der Waals surface area contributed by atoms with Crippen molar-refractivity contribution in [3.05, 3.63) is 41.6 Å². The second-order valence-corrected chi connectivity index (χ2v) is 9.10. The van der Waals surface area contributed by atoms with Gasteiger partial charge >= 0.3 is 0 Å². The molecule has 1 amide bonds. The van der Waals surface area contributed by atoms with Crippen molar-refractivity contribution in [1.29, 1.82) is 0 Å². The van der Waals surface area contributed by atoms with E-state index in [0.717, 1.165) is 63.2 Å². The quantitative estimate of drug-likeness (QED) is 0.588. The predicted molar refractivity (Wildman–Crippen MR) is 132 cm³/mol. The van der Waals surface area contributed by atoms with Crippen molar-refractivity contribution < 1.29 is 19.0 Å². The highest BCUT2D eigenvalue weighted by Crippen LogP contribution is 2.39. The summed E-state index contributed by atoms with van der Waals surface area (Å²) in [5.74, 6) is 2.41. The van der Waals surface area contributed by atoms with Gasteiger partial charge in [-0.15, -0.1) is 0 Å². The van der Waals surface area contributed by atoms with Crippen LogP contribution in [0.4, 0.5) is 5.82 Å². The zero-order valence-electron chi connectivity index (χ0n) is 20.7. The molecule has 0 radical (unpaired) electrons. The minimum Gasteiger partial charge on any atom is -0.493 e. The molecule has 2 fully saturated rings. The van der Waals surface area contributed by atoms with E-state index in [1.165, 1.54) is 0 Å². The smallest absolute Gasteiger partial charge is 0.254 e. The number of aromatic nitrogens is 1. The number of anilines is 1. The molecule has 2 aromatic rings. The summed E-state index contributed by atoms with van der Waals surface area (Å²) in [5, 5.41) is 0. The summed E-state index contributed by atoms with van der Waals surface area (Å²) < 4.78 is 16.4. The Morgan fingerprint density at radius 1 is 1.00 bits per heavy atom. The van der Waals surface area contributed by atoms with E-state index in [-0.39, 0.29) is 11.9 Å². The third-order valence-corrected chi connectivity index (χ3v) is 6.93. The number of nitrogens with zero attached hydrogens (tertiary/aromatic N) is 4. The summed E-state index contributed by atoms with van der Waals surface area (Å²) in [4.78, 5) is 25.1. The lowest BCUT2D eigenvalue weighted by molar-refractivity contribution is 0.0663. The normalized spacial score (nSPS) is 17.0. The zero-order valence-corrected chi connectivity index (χ0v) is 20.7. The van der Waals surface area contributed by atoms with Crippen molar-refractivity contribution in [2.24, 2.45) is 0 Å². The molecule has 1 aliphatic carbocycles. The van der Waals surface area contributed by atoms with Gasteiger partial charge in [-0.3, -0.25) is 4.79 Å². The van der Waals surface area contributed by atoms with Gasteiger partial charge in [0, 0.05) is 50.5 Å². The van der Waals surface area contributed by atoms with Crippen LogP contribution >= 0.6 is 0 Å². The summed E-state index contributed by atoms with van der Waals surface area (Å²) >= 11 is 0. The van der Waals surface area contributed by atoms with Gasteiger partial charge in [-0.25, -0.2) is 4.98 Å². The Balaban J connectivity index is 1.56. The topological polar surface area (TPSA) is 67.4 Å². The van der Waals surface area contributed by atoms with Crippen LogP contribution in [0.2, 0.25) is 0 Å². The molecular weight excluding hydrogens is 432 g/mol. The van der Waals surface area contributed by atoms with Gasteiger partial charge in [-0.1, -0.05) is 18.9 Å². The minimum atomic E-state index is -0.0331. The molecule has 0 unspecified atom stereocenters. The second kappa shape index (κ2) is 11.0. The molecule has 1 saturated heterocycles. The van der Waals surface area contributed by atoms with Crippen molar-refractivity contribution in [3.8, 4) is 17.2 Å². The first-order valence-electron chi connectivity index (χ1n) is 12.0. The Kier molecular flexibility index (Phi) is 7.77. The highest BCUT2D eigenvalue weighted by Gasteiger charge is 2.29. The molecule has 1 aromatic carbocycles. The van der Waals surface area contributed by atoms with Crippen molar-refractivity contribution in [3.63, 3.8) is 0 Å². The van der Waals surface area contributed by atoms with Gasteiger partial charge in [-0.05, 0) is 43.7 Å². The Labute approximate surface area is 202 Å². The molecule has 2 aliphatic rings. The second-order valence-electron chi connectivity index (χ2n) is 9.10. The number of rotatable bonds is 8. The van der Waals surface area contributed by atoms with E-state index in [9.17, 15) is 4.79 Å². The predicted octanol–water partition coefficient (Wildman–Crippen LogP) is 3.44. The third kappa shape index (κ3) is 5.22. The van der Waals surface area contributed by atoms with E-state index in [0.29, 0.717) is 29.4 Å². The highest BCUT2D eigenvalue weighted by atomic mass is 16.5. The van der Waals surface area contributed by atoms with E-state index < -0.39 is 0 Å². The summed E-state index contributed by atoms with van der Waals surface area (Å²) in [6.45, 7) is 4.58. The lowest BCUT2D eigenvalue weighted by Crippen LogP contribution is -2.44. The molecule has 1 saturated carbocycles. The molecule has 0 spiro atoms. The summed E-state index contributed by atoms with van der Waals surface area (Å²) in [5.41, 5.74) is 1.56. The van der Waals surface area contributed by atoms with E-state index in [4.69, 9.17) is 19.2 Å². The first-order chi connectivity index (χ1) is 16.5. The van der Waals surface area contributed by atoms with Gasteiger partial charge in [0.1, 0.15) is 5.82 Å². The molecule has 0 atom stereocenters. The Morgan fingerprint density at radius 3 is 2.18 bits per heavy atom. The van der Waals surface area contributed by atoms with Crippen LogP contribution in [0.25, 0.3) is 0 Å². The maximum atomic E-state index is 13.8. The average Bonchev–Trinajstić information content (AvgIpc) is 3.41. The third-order valence-electron chi connectivity index (χ3n) is 6.93. The minimum absolute atomic E-state index is 0.0331. The number of hydrogen-bond acceptors (Lipinski definition) is 7. The van der Waals surface area contributed by atoms with Gasteiger partial charge in [-0.2, -0.15) is 0 Å². The largest absolute Gasteiger partial charge is 0.493 e. The van der Waals surface area contributed by atoms with Crippen LogP contribution in [-0.4, -0.2) is 81.3 Å². The molecule has 8 heteroatoms. The number of pyridine rings is 1. The van der Waals surface area contributed by atoms with Gasteiger partial charge in [0.2, 0.25) is 5.75 Å². The van der Waals surface area contributed by atoms with Crippen LogP contribution in [0.5, 0.6) is 17.2 Å². The van der Waals surface area contributed by atoms with Crippen LogP contribution < -0.4 is 19.1 Å². The van der Waals surface area contributed by atoms with Gasteiger partial charge in [0.15, 0.2) is 11.5 Å². The van der Waals surface area contributed by atoms with E-state index in [1.807, 2.05) is 11.1 Å². The zero-order chi connectivity index (χ0) is 24.1. The molecule has 2 heterocycles. The van der Waals surface area contributed by atoms with Gasteiger partial charge < -0.3 is 28.9 Å². The lowest BCUT2D eigenvalue weighted by atomic mass is 10.1. The summed E-state index contributed by atoms with van der Waals surface area (Å²) in [6, 6.07) is 7.87. The first-order valence-corrected chi connectivity index (χ1v) is 12.0. The number of carbonyl (C=O) groups excluding carboxylic acids is 1. The SMILES string of the molecule is COc1cc(C(=O)N(Cc2ccc(N3CCN(C)CC3)nc2)C2CCCC2)cc(OC)c1OC. The fourth-order valence-corrected chi connectivity index (χ4v) is 4.88. The number of methoxy groups -OCH3 is 3. The number of ether oxygens (including phenoxy) is 3. The molecule has 34 heavy (non-hydrogen) atoms. The van der Waals surface area contributed by atoms with Crippen LogP contribution in [0.15, 0.2) is 30.5 Å². The number of carbonyl (C=O) groups is 1. The molecule has 4 rings (SSSR count). The van der Waals surface area contributed by atoms with Crippen molar-refractivity contribution in [2.75, 3.05) is 59.5 Å². The lowest BCUT2D eigenvalue weighted by Gasteiger charge is -2.33. The molecule has 1 aromatic heterocycles. The Bertz CT molecular complexity index is 942. The van der Waals surface area contributed by atoms with Crippen molar-refractivity contribution in [2.45, 2.75) is 38.3 Å². The van der Waals surface area contributed by atoms with Crippen LogP contribution in [0.3, 0.4) is 0 Å². The van der Waals surface area contributed by atoms with Gasteiger partial charge in [0.05, 0.1) is 21.3 Å². The maximum Gasteiger partial charge on any atom is 0.254 e. The standard InChI is InChI=1S/C26H36N4O4/c1-28-11-13-29(14-12-28)24-10-9-19(17-27-24)18-30(21-7-5-6-8-21)26(31)20-15-22(32-2)25(34-4)23(16-20)33-3/h9-10,15-17,21H,5-8,11-14,18H2,1-4H3. The molecule has 184 valence electrons. The fraction of sp³-hybridized carbons (Fsp3) is 0.538. The molecule has 8 nitrogen and oxygen atoms in total. The number of likely N-dealkylation sites (N-methyl/N-ethyl adjacent to an activating group) is 1. The number of benzene rings is 1. The highest BCUT2D eigenvalue weighted by molar-refractivity contribution is 5.96. The summed E-state index contributed by atoms with van der Waals surface area (Å²) in [6.07, 6.45) is 6.23. The van der Waals surface area contributed by atoms with Crippen LogP contribution in [0, 0.1) is 0 Å².